The monoisotopic (exact) mass is 263 g/mol. The Labute approximate surface area is 112 Å². The summed E-state index contributed by atoms with van der Waals surface area (Å²) in [6.07, 6.45) is 7.64. The minimum absolute atomic E-state index is 0.590. The van der Waals surface area contributed by atoms with Crippen molar-refractivity contribution in [1.29, 1.82) is 0 Å². The van der Waals surface area contributed by atoms with Crippen LogP contribution in [-0.2, 0) is 6.54 Å². The molecule has 1 N–H and O–H groups in total. The van der Waals surface area contributed by atoms with Crippen LogP contribution in [0.2, 0.25) is 0 Å². The molecule has 1 aliphatic rings. The van der Waals surface area contributed by atoms with Crippen LogP contribution in [0.25, 0.3) is 4.96 Å². The van der Waals surface area contributed by atoms with Gasteiger partial charge in [0.2, 0.25) is 0 Å². The summed E-state index contributed by atoms with van der Waals surface area (Å²) < 4.78 is 2.21. The third kappa shape index (κ3) is 1.97. The number of aryl methyl sites for hydroxylation is 1. The molecule has 0 aromatic carbocycles. The molecule has 4 heteroatoms. The van der Waals surface area contributed by atoms with Gasteiger partial charge in [0.05, 0.1) is 11.4 Å². The summed E-state index contributed by atoms with van der Waals surface area (Å²) in [5.41, 5.74) is 3.07. The predicted octanol–water partition coefficient (Wildman–Crippen LogP) is 3.37. The van der Waals surface area contributed by atoms with E-state index in [1.54, 1.807) is 11.3 Å². The largest absolute Gasteiger partial charge is 0.311 e. The van der Waals surface area contributed by atoms with E-state index in [2.05, 4.69) is 40.1 Å². The Hall–Kier alpha value is -0.870. The van der Waals surface area contributed by atoms with E-state index in [1.165, 1.54) is 31.4 Å². The molecule has 1 fully saturated rings. The van der Waals surface area contributed by atoms with Gasteiger partial charge in [0.15, 0.2) is 4.96 Å². The van der Waals surface area contributed by atoms with Gasteiger partial charge < -0.3 is 5.32 Å². The molecule has 0 bridgehead atoms. The minimum atomic E-state index is 0.590. The van der Waals surface area contributed by atoms with Crippen molar-refractivity contribution in [1.82, 2.24) is 14.7 Å². The van der Waals surface area contributed by atoms with Crippen LogP contribution in [0.4, 0.5) is 0 Å². The lowest BCUT2D eigenvalue weighted by Gasteiger charge is -2.41. The van der Waals surface area contributed by atoms with Crippen molar-refractivity contribution >= 4 is 16.3 Å². The van der Waals surface area contributed by atoms with Crippen molar-refractivity contribution < 1.29 is 0 Å². The summed E-state index contributed by atoms with van der Waals surface area (Å²) >= 11 is 1.71. The first kappa shape index (κ1) is 12.2. The molecular weight excluding hydrogens is 242 g/mol. The number of aromatic nitrogens is 2. The van der Waals surface area contributed by atoms with Crippen molar-refractivity contribution in [2.24, 2.45) is 5.41 Å². The van der Waals surface area contributed by atoms with Crippen molar-refractivity contribution in [3.8, 4) is 0 Å². The first-order valence-electron chi connectivity index (χ1n) is 6.86. The van der Waals surface area contributed by atoms with Gasteiger partial charge in [-0.3, -0.25) is 4.40 Å². The molecule has 0 radical (unpaired) electrons. The molecule has 3 rings (SSSR count). The average Bonchev–Trinajstić information content (AvgIpc) is 2.85. The molecule has 0 unspecified atom stereocenters. The van der Waals surface area contributed by atoms with Crippen molar-refractivity contribution in [2.75, 3.05) is 6.54 Å². The summed E-state index contributed by atoms with van der Waals surface area (Å²) in [7, 11) is 0. The fourth-order valence-corrected chi connectivity index (χ4v) is 3.71. The summed E-state index contributed by atoms with van der Waals surface area (Å²) in [4.78, 5) is 5.69. The average molecular weight is 263 g/mol. The van der Waals surface area contributed by atoms with Crippen molar-refractivity contribution in [3.05, 3.63) is 23.0 Å². The van der Waals surface area contributed by atoms with Gasteiger partial charge in [-0.2, -0.15) is 0 Å². The molecule has 1 saturated carbocycles. The first-order valence-corrected chi connectivity index (χ1v) is 7.74. The number of imidazole rings is 1. The Morgan fingerprint density at radius 3 is 3.00 bits per heavy atom. The number of rotatable bonds is 5. The summed E-state index contributed by atoms with van der Waals surface area (Å²) in [5.74, 6) is 0. The Bertz CT molecular complexity index is 531. The second kappa shape index (κ2) is 4.67. The van der Waals surface area contributed by atoms with E-state index in [0.717, 1.165) is 23.7 Å². The van der Waals surface area contributed by atoms with Crippen LogP contribution >= 0.6 is 11.3 Å². The second-order valence-electron chi connectivity index (χ2n) is 5.51. The van der Waals surface area contributed by atoms with Crippen LogP contribution in [-0.4, -0.2) is 15.9 Å². The van der Waals surface area contributed by atoms with Gasteiger partial charge in [-0.1, -0.05) is 13.3 Å². The zero-order chi connectivity index (χ0) is 12.6. The Balaban J connectivity index is 1.66. The molecule has 0 saturated heterocycles. The SMILES string of the molecule is CCC1(CNCc2c(C)nc3sccn23)CCC1. The van der Waals surface area contributed by atoms with Gasteiger partial charge in [-0.25, -0.2) is 4.98 Å². The summed E-state index contributed by atoms with van der Waals surface area (Å²) in [6, 6.07) is 0. The van der Waals surface area contributed by atoms with E-state index < -0.39 is 0 Å². The highest BCUT2D eigenvalue weighted by Gasteiger charge is 2.34. The third-order valence-corrected chi connectivity index (χ3v) is 5.27. The van der Waals surface area contributed by atoms with Gasteiger partial charge in [-0.15, -0.1) is 11.3 Å². The molecule has 1 aliphatic carbocycles. The standard InChI is InChI=1S/C14H21N3S/c1-3-14(5-4-6-14)10-15-9-12-11(2)16-13-17(12)7-8-18-13/h7-8,15H,3-6,9-10H2,1-2H3. The van der Waals surface area contributed by atoms with E-state index >= 15 is 0 Å². The number of hydrogen-bond donors (Lipinski definition) is 1. The van der Waals surface area contributed by atoms with Gasteiger partial charge in [-0.05, 0) is 31.6 Å². The number of fused-ring (bicyclic) bond motifs is 1. The summed E-state index contributed by atoms with van der Waals surface area (Å²) in [6.45, 7) is 6.52. The Morgan fingerprint density at radius 2 is 2.33 bits per heavy atom. The van der Waals surface area contributed by atoms with Crippen molar-refractivity contribution in [3.63, 3.8) is 0 Å². The molecular formula is C14H21N3S. The zero-order valence-electron chi connectivity index (χ0n) is 11.2. The van der Waals surface area contributed by atoms with E-state index in [-0.39, 0.29) is 0 Å². The summed E-state index contributed by atoms with van der Waals surface area (Å²) in [5, 5.41) is 5.75. The van der Waals surface area contributed by atoms with E-state index in [0.29, 0.717) is 5.41 Å². The van der Waals surface area contributed by atoms with Crippen LogP contribution in [0.3, 0.4) is 0 Å². The molecule has 0 amide bonds. The maximum atomic E-state index is 4.58. The van der Waals surface area contributed by atoms with Crippen LogP contribution in [0, 0.1) is 12.3 Å². The number of nitrogens with one attached hydrogen (secondary N) is 1. The van der Waals surface area contributed by atoms with Crippen LogP contribution < -0.4 is 5.32 Å². The topological polar surface area (TPSA) is 29.3 Å². The quantitative estimate of drug-likeness (QED) is 0.896. The highest BCUT2D eigenvalue weighted by molar-refractivity contribution is 7.15. The molecule has 98 valence electrons. The molecule has 2 aromatic rings. The smallest absolute Gasteiger partial charge is 0.194 e. The number of hydrogen-bond acceptors (Lipinski definition) is 3. The maximum Gasteiger partial charge on any atom is 0.194 e. The molecule has 2 heterocycles. The highest BCUT2D eigenvalue weighted by atomic mass is 32.1. The molecule has 0 aliphatic heterocycles. The first-order chi connectivity index (χ1) is 8.74. The molecule has 2 aromatic heterocycles. The zero-order valence-corrected chi connectivity index (χ0v) is 12.0. The molecule has 0 spiro atoms. The molecule has 0 atom stereocenters. The van der Waals surface area contributed by atoms with Crippen LogP contribution in [0.15, 0.2) is 11.6 Å². The lowest BCUT2D eigenvalue weighted by atomic mass is 9.67. The molecule has 18 heavy (non-hydrogen) atoms. The van der Waals surface area contributed by atoms with E-state index in [4.69, 9.17) is 0 Å². The number of thiazole rings is 1. The van der Waals surface area contributed by atoms with Gasteiger partial charge in [0.1, 0.15) is 0 Å². The van der Waals surface area contributed by atoms with Crippen LogP contribution in [0.1, 0.15) is 44.0 Å². The van der Waals surface area contributed by atoms with Crippen LogP contribution in [0.5, 0.6) is 0 Å². The molecule has 3 nitrogen and oxygen atoms in total. The lowest BCUT2D eigenvalue weighted by Crippen LogP contribution is -2.39. The van der Waals surface area contributed by atoms with Gasteiger partial charge in [0, 0.05) is 24.7 Å². The van der Waals surface area contributed by atoms with E-state index in [1.807, 2.05) is 0 Å². The third-order valence-electron chi connectivity index (χ3n) is 4.52. The fourth-order valence-electron chi connectivity index (χ4n) is 2.93. The fraction of sp³-hybridized carbons (Fsp3) is 0.643. The maximum absolute atomic E-state index is 4.58. The minimum Gasteiger partial charge on any atom is -0.311 e. The predicted molar refractivity (Wildman–Crippen MR) is 76.1 cm³/mol. The Morgan fingerprint density at radius 1 is 1.50 bits per heavy atom. The normalized spacial score (nSPS) is 18.1. The van der Waals surface area contributed by atoms with Gasteiger partial charge >= 0.3 is 0 Å². The Kier molecular flexibility index (Phi) is 3.16. The van der Waals surface area contributed by atoms with E-state index in [9.17, 15) is 0 Å². The second-order valence-corrected chi connectivity index (χ2v) is 6.38. The highest BCUT2D eigenvalue weighted by Crippen LogP contribution is 2.43. The van der Waals surface area contributed by atoms with Gasteiger partial charge in [0.25, 0.3) is 0 Å². The lowest BCUT2D eigenvalue weighted by molar-refractivity contribution is 0.123. The van der Waals surface area contributed by atoms with Crippen molar-refractivity contribution in [2.45, 2.75) is 46.1 Å². The number of nitrogens with zero attached hydrogens (tertiary/aromatic N) is 2.